The number of imidazole rings is 1. The Hall–Kier alpha value is -3.31. The molecule has 1 N–H and O–H groups in total. The molecule has 0 saturated carbocycles. The molecule has 6 heteroatoms. The van der Waals surface area contributed by atoms with E-state index in [9.17, 15) is 4.79 Å². The van der Waals surface area contributed by atoms with Crippen molar-refractivity contribution in [2.75, 3.05) is 13.7 Å². The van der Waals surface area contributed by atoms with Gasteiger partial charge in [-0.05, 0) is 48.4 Å². The molecular formula is C25H24ClN3O2. The van der Waals surface area contributed by atoms with Crippen molar-refractivity contribution in [3.8, 4) is 5.75 Å². The summed E-state index contributed by atoms with van der Waals surface area (Å²) in [7, 11) is 1.57. The maximum atomic E-state index is 12.5. The minimum absolute atomic E-state index is 0.132. The number of aryl methyl sites for hydroxylation is 1. The molecule has 0 atom stereocenters. The highest BCUT2D eigenvalue weighted by Crippen LogP contribution is 2.20. The summed E-state index contributed by atoms with van der Waals surface area (Å²) < 4.78 is 7.51. The van der Waals surface area contributed by atoms with Crippen LogP contribution in [0.2, 0.25) is 5.02 Å². The quantitative estimate of drug-likeness (QED) is 0.393. The number of benzene rings is 3. The zero-order valence-corrected chi connectivity index (χ0v) is 18.1. The van der Waals surface area contributed by atoms with Crippen molar-refractivity contribution in [3.63, 3.8) is 0 Å². The molecular weight excluding hydrogens is 410 g/mol. The summed E-state index contributed by atoms with van der Waals surface area (Å²) >= 11 is 6.03. The van der Waals surface area contributed by atoms with Crippen molar-refractivity contribution in [1.82, 2.24) is 14.9 Å². The molecule has 158 valence electrons. The molecule has 0 aliphatic rings. The van der Waals surface area contributed by atoms with Gasteiger partial charge in [-0.25, -0.2) is 4.98 Å². The number of rotatable bonds is 8. The van der Waals surface area contributed by atoms with Gasteiger partial charge in [0.25, 0.3) is 5.91 Å². The lowest BCUT2D eigenvalue weighted by Gasteiger charge is -2.11. The molecule has 1 amide bonds. The minimum atomic E-state index is -0.132. The third kappa shape index (κ3) is 4.89. The Kier molecular flexibility index (Phi) is 6.53. The second kappa shape index (κ2) is 9.67. The van der Waals surface area contributed by atoms with Gasteiger partial charge in [0.05, 0.1) is 23.7 Å². The third-order valence-electron chi connectivity index (χ3n) is 5.20. The summed E-state index contributed by atoms with van der Waals surface area (Å²) in [6, 6.07) is 23.3. The first-order valence-electron chi connectivity index (χ1n) is 10.3. The molecule has 4 aromatic rings. The smallest absolute Gasteiger partial charge is 0.255 e. The van der Waals surface area contributed by atoms with Gasteiger partial charge in [-0.1, -0.05) is 48.0 Å². The number of halogens is 1. The van der Waals surface area contributed by atoms with Crippen LogP contribution in [0, 0.1) is 0 Å². The van der Waals surface area contributed by atoms with Crippen LogP contribution in [0.5, 0.6) is 5.75 Å². The van der Waals surface area contributed by atoms with Gasteiger partial charge < -0.3 is 14.6 Å². The van der Waals surface area contributed by atoms with E-state index in [0.29, 0.717) is 17.9 Å². The van der Waals surface area contributed by atoms with E-state index >= 15 is 0 Å². The predicted octanol–water partition coefficient (Wildman–Crippen LogP) is 5.11. The van der Waals surface area contributed by atoms with Gasteiger partial charge >= 0.3 is 0 Å². The van der Waals surface area contributed by atoms with Gasteiger partial charge in [0.15, 0.2) is 0 Å². The van der Waals surface area contributed by atoms with Crippen LogP contribution < -0.4 is 10.1 Å². The molecule has 0 fully saturated rings. The number of hydrogen-bond acceptors (Lipinski definition) is 3. The van der Waals surface area contributed by atoms with Crippen molar-refractivity contribution in [2.24, 2.45) is 0 Å². The number of amides is 1. The number of ether oxygens (including phenoxy) is 1. The molecule has 0 unspecified atom stereocenters. The van der Waals surface area contributed by atoms with Crippen LogP contribution in [0.25, 0.3) is 11.0 Å². The summed E-state index contributed by atoms with van der Waals surface area (Å²) in [4.78, 5) is 17.3. The van der Waals surface area contributed by atoms with E-state index in [2.05, 4.69) is 16.0 Å². The van der Waals surface area contributed by atoms with E-state index in [0.717, 1.165) is 41.3 Å². The summed E-state index contributed by atoms with van der Waals surface area (Å²) in [5.41, 5.74) is 3.79. The van der Waals surface area contributed by atoms with Gasteiger partial charge in [-0.3, -0.25) is 4.79 Å². The van der Waals surface area contributed by atoms with Gasteiger partial charge in [-0.2, -0.15) is 0 Å². The van der Waals surface area contributed by atoms with E-state index in [1.807, 2.05) is 54.6 Å². The highest BCUT2D eigenvalue weighted by Gasteiger charge is 2.13. The van der Waals surface area contributed by atoms with Crippen molar-refractivity contribution in [2.45, 2.75) is 19.4 Å². The molecule has 0 bridgehead atoms. The van der Waals surface area contributed by atoms with Crippen LogP contribution in [0.1, 0.15) is 28.2 Å². The Labute approximate surface area is 186 Å². The highest BCUT2D eigenvalue weighted by molar-refractivity contribution is 6.30. The van der Waals surface area contributed by atoms with Crippen LogP contribution in [-0.2, 0) is 13.0 Å². The number of carbonyl (C=O) groups is 1. The summed E-state index contributed by atoms with van der Waals surface area (Å²) in [6.45, 7) is 1.28. The molecule has 1 heterocycles. The zero-order valence-electron chi connectivity index (χ0n) is 17.3. The molecule has 5 nitrogen and oxygen atoms in total. The second-order valence-electron chi connectivity index (χ2n) is 7.29. The molecule has 1 aromatic heterocycles. The number of hydrogen-bond donors (Lipinski definition) is 1. The SMILES string of the molecule is COc1ccccc1C(=O)NCCCc1nc2ccccc2n1Cc1ccc(Cl)cc1. The first-order chi connectivity index (χ1) is 15.2. The fourth-order valence-corrected chi connectivity index (χ4v) is 3.77. The largest absolute Gasteiger partial charge is 0.496 e. The van der Waals surface area contributed by atoms with Gasteiger partial charge in [0.2, 0.25) is 0 Å². The van der Waals surface area contributed by atoms with Crippen molar-refractivity contribution in [1.29, 1.82) is 0 Å². The van der Waals surface area contributed by atoms with E-state index < -0.39 is 0 Å². The number of carbonyl (C=O) groups excluding carboxylic acids is 1. The number of nitrogens with zero attached hydrogens (tertiary/aromatic N) is 2. The topological polar surface area (TPSA) is 56.1 Å². The van der Waals surface area contributed by atoms with Gasteiger partial charge in [0.1, 0.15) is 11.6 Å². The number of aromatic nitrogens is 2. The Balaban J connectivity index is 1.44. The van der Waals surface area contributed by atoms with Crippen LogP contribution in [0.3, 0.4) is 0 Å². The lowest BCUT2D eigenvalue weighted by molar-refractivity contribution is 0.0950. The van der Waals surface area contributed by atoms with Crippen LogP contribution in [0.15, 0.2) is 72.8 Å². The number of fused-ring (bicyclic) bond motifs is 1. The highest BCUT2D eigenvalue weighted by atomic mass is 35.5. The average molecular weight is 434 g/mol. The molecule has 0 aliphatic heterocycles. The minimum Gasteiger partial charge on any atom is -0.496 e. The molecule has 0 saturated heterocycles. The van der Waals surface area contributed by atoms with E-state index in [1.165, 1.54) is 5.56 Å². The molecule has 31 heavy (non-hydrogen) atoms. The van der Waals surface area contributed by atoms with Crippen molar-refractivity contribution >= 4 is 28.5 Å². The fourth-order valence-electron chi connectivity index (χ4n) is 3.64. The predicted molar refractivity (Wildman–Crippen MR) is 124 cm³/mol. The Morgan fingerprint density at radius 2 is 1.77 bits per heavy atom. The number of methoxy groups -OCH3 is 1. The number of nitrogens with one attached hydrogen (secondary N) is 1. The Morgan fingerprint density at radius 3 is 2.58 bits per heavy atom. The van der Waals surface area contributed by atoms with Crippen molar-refractivity contribution < 1.29 is 9.53 Å². The van der Waals surface area contributed by atoms with Crippen LogP contribution in [-0.4, -0.2) is 29.1 Å². The molecule has 0 radical (unpaired) electrons. The number of para-hydroxylation sites is 3. The van der Waals surface area contributed by atoms with Gasteiger partial charge in [0, 0.05) is 24.5 Å². The molecule has 0 aliphatic carbocycles. The van der Waals surface area contributed by atoms with Crippen molar-refractivity contribution in [3.05, 3.63) is 94.8 Å². The Bertz CT molecular complexity index is 1190. The fraction of sp³-hybridized carbons (Fsp3) is 0.200. The maximum Gasteiger partial charge on any atom is 0.255 e. The lowest BCUT2D eigenvalue weighted by atomic mass is 10.2. The van der Waals surface area contributed by atoms with E-state index in [4.69, 9.17) is 21.3 Å². The monoisotopic (exact) mass is 433 g/mol. The molecule has 4 rings (SSSR count). The molecule has 0 spiro atoms. The summed E-state index contributed by atoms with van der Waals surface area (Å²) in [5.74, 6) is 1.44. The Morgan fingerprint density at radius 1 is 1.03 bits per heavy atom. The third-order valence-corrected chi connectivity index (χ3v) is 5.45. The normalized spacial score (nSPS) is 10.9. The van der Waals surface area contributed by atoms with Crippen LogP contribution in [0.4, 0.5) is 0 Å². The second-order valence-corrected chi connectivity index (χ2v) is 7.73. The van der Waals surface area contributed by atoms with E-state index in [1.54, 1.807) is 19.2 Å². The molecule has 3 aromatic carbocycles. The maximum absolute atomic E-state index is 12.5. The van der Waals surface area contributed by atoms with Gasteiger partial charge in [-0.15, -0.1) is 0 Å². The average Bonchev–Trinajstić information content (AvgIpc) is 3.15. The summed E-state index contributed by atoms with van der Waals surface area (Å²) in [6.07, 6.45) is 1.54. The first-order valence-corrected chi connectivity index (χ1v) is 10.6. The van der Waals surface area contributed by atoms with E-state index in [-0.39, 0.29) is 5.91 Å². The lowest BCUT2D eigenvalue weighted by Crippen LogP contribution is -2.25. The first kappa shape index (κ1) is 20.9. The van der Waals surface area contributed by atoms with Crippen LogP contribution >= 0.6 is 11.6 Å². The standard InChI is InChI=1S/C25H24ClN3O2/c1-31-23-10-5-2-7-20(23)25(30)27-16-6-11-24-28-21-8-3-4-9-22(21)29(24)17-18-12-14-19(26)15-13-18/h2-5,7-10,12-15H,6,11,16-17H2,1H3,(H,27,30). The zero-order chi connectivity index (χ0) is 21.6. The summed E-state index contributed by atoms with van der Waals surface area (Å²) in [5, 5.41) is 3.71.